The van der Waals surface area contributed by atoms with E-state index < -0.39 is 0 Å². The first kappa shape index (κ1) is 14.1. The molecule has 1 heteroatoms. The summed E-state index contributed by atoms with van der Waals surface area (Å²) in [6.45, 7) is 6.77. The van der Waals surface area contributed by atoms with Gasteiger partial charge in [0.05, 0.1) is 0 Å². The normalized spacial score (nSPS) is 12.1. The highest BCUT2D eigenvalue weighted by Crippen LogP contribution is 2.41. The maximum absolute atomic E-state index is 6.15. The zero-order chi connectivity index (χ0) is 16.0. The highest BCUT2D eigenvalue weighted by molar-refractivity contribution is 6.14. The molecule has 0 N–H and O–H groups in total. The molecule has 0 spiro atoms. The molecule has 1 heterocycles. The predicted molar refractivity (Wildman–Crippen MR) is 97.9 cm³/mol. The van der Waals surface area contributed by atoms with Gasteiger partial charge in [-0.15, -0.1) is 0 Å². The van der Waals surface area contributed by atoms with Gasteiger partial charge in [0.25, 0.3) is 0 Å². The summed E-state index contributed by atoms with van der Waals surface area (Å²) in [5.41, 5.74) is 5.79. The molecule has 0 saturated carbocycles. The van der Waals surface area contributed by atoms with E-state index in [-0.39, 0.29) is 5.41 Å². The second-order valence-electron chi connectivity index (χ2n) is 7.08. The first-order valence-electron chi connectivity index (χ1n) is 8.06. The summed E-state index contributed by atoms with van der Waals surface area (Å²) in [7, 11) is 0. The number of benzene rings is 3. The summed E-state index contributed by atoms with van der Waals surface area (Å²) in [6, 6.07) is 23.2. The van der Waals surface area contributed by atoms with Crippen LogP contribution >= 0.6 is 0 Å². The van der Waals surface area contributed by atoms with E-state index in [1.54, 1.807) is 0 Å². The first-order chi connectivity index (χ1) is 11.1. The minimum atomic E-state index is 0.0696. The lowest BCUT2D eigenvalue weighted by Crippen LogP contribution is -2.11. The fraction of sp³-hybridized carbons (Fsp3) is 0.182. The van der Waals surface area contributed by atoms with E-state index in [1.165, 1.54) is 27.5 Å². The van der Waals surface area contributed by atoms with E-state index in [1.807, 2.05) is 0 Å². The highest BCUT2D eigenvalue weighted by Gasteiger charge is 2.22. The van der Waals surface area contributed by atoms with Crippen molar-refractivity contribution in [2.75, 3.05) is 0 Å². The van der Waals surface area contributed by atoms with Crippen LogP contribution in [-0.4, -0.2) is 0 Å². The van der Waals surface area contributed by atoms with Crippen molar-refractivity contribution in [3.05, 3.63) is 72.3 Å². The SMILES string of the molecule is CC(C)(C)c1cccc2oc3cccc(-c4ccccc4)c3c12. The summed E-state index contributed by atoms with van der Waals surface area (Å²) in [4.78, 5) is 0. The monoisotopic (exact) mass is 300 g/mol. The van der Waals surface area contributed by atoms with E-state index in [9.17, 15) is 0 Å². The molecule has 4 aromatic rings. The van der Waals surface area contributed by atoms with Crippen molar-refractivity contribution >= 4 is 21.9 Å². The summed E-state index contributed by atoms with van der Waals surface area (Å²) in [6.07, 6.45) is 0. The van der Waals surface area contributed by atoms with E-state index in [2.05, 4.69) is 87.5 Å². The van der Waals surface area contributed by atoms with Crippen LogP contribution in [-0.2, 0) is 5.41 Å². The number of fused-ring (bicyclic) bond motifs is 3. The standard InChI is InChI=1S/C22H20O/c1-22(2,3)17-12-8-14-19-21(17)20-16(11-7-13-18(20)23-19)15-9-5-4-6-10-15/h4-14H,1-3H3. The Morgan fingerprint density at radius 1 is 0.652 bits per heavy atom. The molecule has 0 unspecified atom stereocenters. The third-order valence-corrected chi connectivity index (χ3v) is 4.42. The summed E-state index contributed by atoms with van der Waals surface area (Å²) in [5, 5.41) is 2.47. The number of furan rings is 1. The zero-order valence-corrected chi connectivity index (χ0v) is 13.8. The van der Waals surface area contributed by atoms with Gasteiger partial charge < -0.3 is 4.42 Å². The van der Waals surface area contributed by atoms with Crippen molar-refractivity contribution in [2.24, 2.45) is 0 Å². The molecular weight excluding hydrogens is 280 g/mol. The smallest absolute Gasteiger partial charge is 0.136 e. The van der Waals surface area contributed by atoms with Crippen molar-refractivity contribution in [1.82, 2.24) is 0 Å². The van der Waals surface area contributed by atoms with Crippen molar-refractivity contribution < 1.29 is 4.42 Å². The van der Waals surface area contributed by atoms with Crippen molar-refractivity contribution in [1.29, 1.82) is 0 Å². The van der Waals surface area contributed by atoms with Crippen molar-refractivity contribution in [3.63, 3.8) is 0 Å². The van der Waals surface area contributed by atoms with Gasteiger partial charge in [0.2, 0.25) is 0 Å². The van der Waals surface area contributed by atoms with Crippen LogP contribution in [0.2, 0.25) is 0 Å². The molecule has 0 saturated heterocycles. The second kappa shape index (κ2) is 4.99. The minimum absolute atomic E-state index is 0.0696. The van der Waals surface area contributed by atoms with Gasteiger partial charge in [0, 0.05) is 10.8 Å². The first-order valence-corrected chi connectivity index (χ1v) is 8.06. The maximum Gasteiger partial charge on any atom is 0.136 e. The predicted octanol–water partition coefficient (Wildman–Crippen LogP) is 6.55. The Morgan fingerprint density at radius 2 is 1.30 bits per heavy atom. The van der Waals surface area contributed by atoms with Gasteiger partial charge in [-0.25, -0.2) is 0 Å². The second-order valence-corrected chi connectivity index (χ2v) is 7.08. The molecule has 0 bridgehead atoms. The number of hydrogen-bond donors (Lipinski definition) is 0. The molecular formula is C22H20O. The van der Waals surface area contributed by atoms with Gasteiger partial charge in [-0.3, -0.25) is 0 Å². The third-order valence-electron chi connectivity index (χ3n) is 4.42. The molecule has 0 atom stereocenters. The Morgan fingerprint density at radius 3 is 2.00 bits per heavy atom. The topological polar surface area (TPSA) is 13.1 Å². The maximum atomic E-state index is 6.15. The molecule has 0 radical (unpaired) electrons. The van der Waals surface area contributed by atoms with Gasteiger partial charge in [0.15, 0.2) is 0 Å². The average Bonchev–Trinajstić information content (AvgIpc) is 2.93. The molecule has 0 aliphatic rings. The minimum Gasteiger partial charge on any atom is -0.456 e. The molecule has 4 rings (SSSR count). The lowest BCUT2D eigenvalue weighted by atomic mass is 9.83. The van der Waals surface area contributed by atoms with Gasteiger partial charge in [-0.05, 0) is 34.2 Å². The van der Waals surface area contributed by atoms with Gasteiger partial charge in [-0.1, -0.05) is 75.4 Å². The Kier molecular flexibility index (Phi) is 3.05. The van der Waals surface area contributed by atoms with Crippen LogP contribution in [0, 0.1) is 0 Å². The summed E-state index contributed by atoms with van der Waals surface area (Å²) in [5.74, 6) is 0. The molecule has 0 aliphatic heterocycles. The zero-order valence-electron chi connectivity index (χ0n) is 13.8. The van der Waals surface area contributed by atoms with E-state index >= 15 is 0 Å². The van der Waals surface area contributed by atoms with Crippen LogP contribution in [0.25, 0.3) is 33.1 Å². The molecule has 3 aromatic carbocycles. The van der Waals surface area contributed by atoms with Crippen LogP contribution in [0.3, 0.4) is 0 Å². The average molecular weight is 300 g/mol. The fourth-order valence-corrected chi connectivity index (χ4v) is 3.35. The van der Waals surface area contributed by atoms with Crippen LogP contribution in [0.15, 0.2) is 71.1 Å². The van der Waals surface area contributed by atoms with Crippen molar-refractivity contribution in [3.8, 4) is 11.1 Å². The van der Waals surface area contributed by atoms with Crippen LogP contribution < -0.4 is 0 Å². The van der Waals surface area contributed by atoms with Gasteiger partial charge >= 0.3 is 0 Å². The molecule has 1 nitrogen and oxygen atoms in total. The number of hydrogen-bond acceptors (Lipinski definition) is 1. The Labute approximate surface area is 136 Å². The summed E-state index contributed by atoms with van der Waals surface area (Å²) < 4.78 is 6.15. The highest BCUT2D eigenvalue weighted by atomic mass is 16.3. The molecule has 114 valence electrons. The molecule has 0 amide bonds. The van der Waals surface area contributed by atoms with Crippen molar-refractivity contribution in [2.45, 2.75) is 26.2 Å². The van der Waals surface area contributed by atoms with Gasteiger partial charge in [0.1, 0.15) is 11.2 Å². The fourth-order valence-electron chi connectivity index (χ4n) is 3.35. The summed E-state index contributed by atoms with van der Waals surface area (Å²) >= 11 is 0. The quantitative estimate of drug-likeness (QED) is 0.388. The van der Waals surface area contributed by atoms with Gasteiger partial charge in [-0.2, -0.15) is 0 Å². The largest absolute Gasteiger partial charge is 0.456 e. The van der Waals surface area contributed by atoms with Crippen LogP contribution in [0.5, 0.6) is 0 Å². The van der Waals surface area contributed by atoms with Crippen LogP contribution in [0.4, 0.5) is 0 Å². The third kappa shape index (κ3) is 2.24. The lowest BCUT2D eigenvalue weighted by Gasteiger charge is -2.20. The van der Waals surface area contributed by atoms with Crippen LogP contribution in [0.1, 0.15) is 26.3 Å². The Hall–Kier alpha value is -2.54. The van der Waals surface area contributed by atoms with E-state index in [4.69, 9.17) is 4.42 Å². The molecule has 23 heavy (non-hydrogen) atoms. The Balaban J connectivity index is 2.18. The molecule has 0 fully saturated rings. The lowest BCUT2D eigenvalue weighted by molar-refractivity contribution is 0.594. The molecule has 1 aromatic heterocycles. The van der Waals surface area contributed by atoms with E-state index in [0.29, 0.717) is 0 Å². The number of rotatable bonds is 1. The Bertz CT molecular complexity index is 985. The molecule has 0 aliphatic carbocycles. The van der Waals surface area contributed by atoms with E-state index in [0.717, 1.165) is 11.2 Å².